The molecule has 10 heteroatoms. The second-order valence-electron chi connectivity index (χ2n) is 8.12. The number of ether oxygens (including phenoxy) is 1. The number of thiocarbonyl (C=S) groups is 1. The number of carbonyl (C=O) groups excluding carboxylic acids is 1. The van der Waals surface area contributed by atoms with Crippen molar-refractivity contribution in [2.75, 3.05) is 18.5 Å². The summed E-state index contributed by atoms with van der Waals surface area (Å²) in [6, 6.07) is 14.2. The average molecular weight is 478 g/mol. The van der Waals surface area contributed by atoms with E-state index in [1.807, 2.05) is 11.8 Å². The van der Waals surface area contributed by atoms with Gasteiger partial charge in [0.1, 0.15) is 0 Å². The molecule has 0 unspecified atom stereocenters. The zero-order valence-corrected chi connectivity index (χ0v) is 19.3. The van der Waals surface area contributed by atoms with E-state index in [1.54, 1.807) is 24.3 Å². The summed E-state index contributed by atoms with van der Waals surface area (Å²) in [5.74, 6) is -0.354. The number of allylic oxidation sites excluding steroid dienone is 1. The van der Waals surface area contributed by atoms with Crippen molar-refractivity contribution in [1.82, 2.24) is 10.2 Å². The van der Waals surface area contributed by atoms with Crippen molar-refractivity contribution < 1.29 is 14.5 Å². The second-order valence-corrected chi connectivity index (χ2v) is 8.51. The minimum Gasteiger partial charge on any atom is -0.376 e. The fourth-order valence-electron chi connectivity index (χ4n) is 4.15. The lowest BCUT2D eigenvalue weighted by Gasteiger charge is -2.38. The fourth-order valence-corrected chi connectivity index (χ4v) is 4.48. The van der Waals surface area contributed by atoms with E-state index in [4.69, 9.17) is 22.2 Å². The van der Waals surface area contributed by atoms with Crippen LogP contribution in [0.25, 0.3) is 0 Å². The van der Waals surface area contributed by atoms with Gasteiger partial charge in [-0.25, -0.2) is 0 Å². The molecule has 2 aliphatic rings. The molecule has 0 saturated carbocycles. The van der Waals surface area contributed by atoms with Gasteiger partial charge < -0.3 is 20.3 Å². The Hall–Kier alpha value is -3.81. The van der Waals surface area contributed by atoms with Crippen LogP contribution < -0.4 is 10.6 Å². The smallest absolute Gasteiger partial charge is 0.269 e. The summed E-state index contributed by atoms with van der Waals surface area (Å²) in [7, 11) is 0. The van der Waals surface area contributed by atoms with Gasteiger partial charge in [-0.2, -0.15) is 5.26 Å². The highest BCUT2D eigenvalue weighted by Gasteiger charge is 2.35. The number of nitriles is 1. The molecule has 0 radical (unpaired) electrons. The normalized spacial score (nSPS) is 20.0. The van der Waals surface area contributed by atoms with E-state index < -0.39 is 11.0 Å². The van der Waals surface area contributed by atoms with Crippen molar-refractivity contribution in [3.63, 3.8) is 0 Å². The van der Waals surface area contributed by atoms with Gasteiger partial charge in [-0.05, 0) is 61.8 Å². The van der Waals surface area contributed by atoms with Gasteiger partial charge in [-0.15, -0.1) is 0 Å². The molecule has 0 aliphatic carbocycles. The van der Waals surface area contributed by atoms with Crippen molar-refractivity contribution >= 4 is 34.6 Å². The lowest BCUT2D eigenvalue weighted by Crippen LogP contribution is -2.50. The van der Waals surface area contributed by atoms with Crippen LogP contribution in [0.2, 0.25) is 0 Å². The zero-order valence-electron chi connectivity index (χ0n) is 18.5. The van der Waals surface area contributed by atoms with Gasteiger partial charge in [-0.1, -0.05) is 12.1 Å². The maximum atomic E-state index is 13.5. The third kappa shape index (κ3) is 4.90. The molecule has 174 valence electrons. The molecule has 2 aliphatic heterocycles. The molecule has 4 rings (SSSR count). The first-order valence-corrected chi connectivity index (χ1v) is 11.2. The van der Waals surface area contributed by atoms with Crippen LogP contribution in [-0.4, -0.2) is 40.1 Å². The predicted molar refractivity (Wildman–Crippen MR) is 130 cm³/mol. The quantitative estimate of drug-likeness (QED) is 0.366. The number of nitrogens with one attached hydrogen (secondary N) is 2. The summed E-state index contributed by atoms with van der Waals surface area (Å²) in [6.45, 7) is 3.10. The Labute approximate surface area is 202 Å². The number of nitro benzene ring substituents is 1. The highest BCUT2D eigenvalue weighted by Crippen LogP contribution is 2.32. The van der Waals surface area contributed by atoms with Gasteiger partial charge in [0.2, 0.25) is 0 Å². The van der Waals surface area contributed by atoms with E-state index in [-0.39, 0.29) is 17.7 Å². The lowest BCUT2D eigenvalue weighted by molar-refractivity contribution is -0.384. The number of anilines is 1. The highest BCUT2D eigenvalue weighted by molar-refractivity contribution is 7.80. The minimum atomic E-state index is -0.529. The first kappa shape index (κ1) is 23.4. The minimum absolute atomic E-state index is 0.0279. The Bertz CT molecular complexity index is 1180. The zero-order chi connectivity index (χ0) is 24.2. The fraction of sp³-hybridized carbons (Fsp3) is 0.292. The number of carbonyl (C=O) groups is 1. The first-order valence-electron chi connectivity index (χ1n) is 10.8. The van der Waals surface area contributed by atoms with Crippen LogP contribution in [0.4, 0.5) is 11.4 Å². The number of rotatable bonds is 6. The molecule has 34 heavy (non-hydrogen) atoms. The van der Waals surface area contributed by atoms with Crippen LogP contribution in [0, 0.1) is 21.4 Å². The Morgan fingerprint density at radius 2 is 2.00 bits per heavy atom. The average Bonchev–Trinajstić information content (AvgIpc) is 3.35. The monoisotopic (exact) mass is 477 g/mol. The van der Waals surface area contributed by atoms with Crippen molar-refractivity contribution in [1.29, 1.82) is 5.26 Å². The van der Waals surface area contributed by atoms with Crippen LogP contribution in [0.15, 0.2) is 59.8 Å². The molecular weight excluding hydrogens is 454 g/mol. The highest BCUT2D eigenvalue weighted by atomic mass is 32.1. The largest absolute Gasteiger partial charge is 0.376 e. The van der Waals surface area contributed by atoms with Crippen molar-refractivity contribution in [3.05, 3.63) is 81.0 Å². The standard InChI is InChI=1S/C24H23N5O4S/c1-15-21(23(30)26-18-8-10-19(11-9-18)29(31)32)22(17-6-4-16(13-25)5-7-17)27-24(34)28(15)14-20-3-2-12-33-20/h4-11,20,22H,2-3,12,14H2,1H3,(H,26,30)(H,27,34)/t20-,22+/m0/s1. The second kappa shape index (κ2) is 9.99. The maximum absolute atomic E-state index is 13.5. The Balaban J connectivity index is 1.68. The molecule has 2 heterocycles. The molecule has 9 nitrogen and oxygen atoms in total. The van der Waals surface area contributed by atoms with E-state index in [0.29, 0.717) is 40.8 Å². The maximum Gasteiger partial charge on any atom is 0.269 e. The number of amides is 1. The molecule has 1 saturated heterocycles. The Kier molecular flexibility index (Phi) is 6.86. The van der Waals surface area contributed by atoms with Crippen LogP contribution in [0.1, 0.15) is 36.9 Å². The summed E-state index contributed by atoms with van der Waals surface area (Å²) < 4.78 is 5.77. The van der Waals surface area contributed by atoms with Crippen molar-refractivity contribution in [2.45, 2.75) is 31.9 Å². The summed E-state index contributed by atoms with van der Waals surface area (Å²) in [6.07, 6.45) is 1.94. The summed E-state index contributed by atoms with van der Waals surface area (Å²) >= 11 is 5.65. The van der Waals surface area contributed by atoms with E-state index in [1.165, 1.54) is 24.3 Å². The van der Waals surface area contributed by atoms with Crippen molar-refractivity contribution in [2.24, 2.45) is 0 Å². The van der Waals surface area contributed by atoms with Gasteiger partial charge in [-0.3, -0.25) is 14.9 Å². The van der Waals surface area contributed by atoms with Crippen LogP contribution >= 0.6 is 12.2 Å². The lowest BCUT2D eigenvalue weighted by atomic mass is 9.93. The van der Waals surface area contributed by atoms with Gasteiger partial charge in [0, 0.05) is 30.1 Å². The number of hydrogen-bond acceptors (Lipinski definition) is 6. The van der Waals surface area contributed by atoms with Crippen LogP contribution in [0.3, 0.4) is 0 Å². The molecule has 0 aromatic heterocycles. The van der Waals surface area contributed by atoms with Crippen LogP contribution in [0.5, 0.6) is 0 Å². The molecule has 0 bridgehead atoms. The first-order chi connectivity index (χ1) is 16.4. The topological polar surface area (TPSA) is 121 Å². The van der Waals surface area contributed by atoms with E-state index >= 15 is 0 Å². The number of benzene rings is 2. The van der Waals surface area contributed by atoms with Gasteiger partial charge in [0.05, 0.1) is 40.8 Å². The molecule has 0 spiro atoms. The summed E-state index contributed by atoms with van der Waals surface area (Å²) in [5.41, 5.74) is 2.85. The Morgan fingerprint density at radius 1 is 1.29 bits per heavy atom. The summed E-state index contributed by atoms with van der Waals surface area (Å²) in [5, 5.41) is 26.7. The molecule has 1 amide bonds. The SMILES string of the molecule is CC1=C(C(=O)Nc2ccc([N+](=O)[O-])cc2)[C@@H](c2ccc(C#N)cc2)NC(=S)N1C[C@@H]1CCCO1. The number of hydrogen-bond donors (Lipinski definition) is 2. The number of nitrogens with zero attached hydrogens (tertiary/aromatic N) is 3. The number of nitro groups is 1. The van der Waals surface area contributed by atoms with E-state index in [0.717, 1.165) is 18.4 Å². The molecule has 2 atom stereocenters. The summed E-state index contributed by atoms with van der Waals surface area (Å²) in [4.78, 5) is 25.8. The number of non-ortho nitro benzene ring substituents is 1. The van der Waals surface area contributed by atoms with E-state index in [2.05, 4.69) is 16.7 Å². The molecule has 1 fully saturated rings. The molecule has 2 aromatic carbocycles. The van der Waals surface area contributed by atoms with Gasteiger partial charge in [0.15, 0.2) is 5.11 Å². The molecule has 2 aromatic rings. The third-order valence-corrected chi connectivity index (χ3v) is 6.30. The van der Waals surface area contributed by atoms with Gasteiger partial charge >= 0.3 is 0 Å². The molecule has 2 N–H and O–H groups in total. The van der Waals surface area contributed by atoms with E-state index in [9.17, 15) is 14.9 Å². The third-order valence-electron chi connectivity index (χ3n) is 5.96. The Morgan fingerprint density at radius 3 is 2.59 bits per heavy atom. The molecular formula is C24H23N5O4S. The van der Waals surface area contributed by atoms with Gasteiger partial charge in [0.25, 0.3) is 11.6 Å². The van der Waals surface area contributed by atoms with Crippen LogP contribution in [-0.2, 0) is 9.53 Å². The predicted octanol–water partition coefficient (Wildman–Crippen LogP) is 3.79. The van der Waals surface area contributed by atoms with Crippen molar-refractivity contribution in [3.8, 4) is 6.07 Å².